The Hall–Kier alpha value is -2.82. The second-order valence-electron chi connectivity index (χ2n) is 6.65. The summed E-state index contributed by atoms with van der Waals surface area (Å²) < 4.78 is 0. The molecule has 0 aromatic heterocycles. The molecule has 3 rings (SSSR count). The summed E-state index contributed by atoms with van der Waals surface area (Å²) in [5, 5.41) is 5.94. The number of urea groups is 1. The molecule has 136 valence electrons. The number of anilines is 2. The predicted molar refractivity (Wildman–Crippen MR) is 104 cm³/mol. The van der Waals surface area contributed by atoms with Crippen molar-refractivity contribution >= 4 is 23.3 Å². The highest BCUT2D eigenvalue weighted by atomic mass is 16.2. The van der Waals surface area contributed by atoms with Crippen LogP contribution in [0.5, 0.6) is 0 Å². The fraction of sp³-hybridized carbons (Fsp3) is 0.333. The molecule has 5 heteroatoms. The topological polar surface area (TPSA) is 61.4 Å². The highest BCUT2D eigenvalue weighted by Gasteiger charge is 2.29. The summed E-state index contributed by atoms with van der Waals surface area (Å²) in [4.78, 5) is 26.3. The van der Waals surface area contributed by atoms with Crippen molar-refractivity contribution < 1.29 is 9.59 Å². The lowest BCUT2D eigenvalue weighted by atomic mass is 10.2. The van der Waals surface area contributed by atoms with Gasteiger partial charge in [-0.3, -0.25) is 9.69 Å². The Morgan fingerprint density at radius 2 is 1.73 bits per heavy atom. The summed E-state index contributed by atoms with van der Waals surface area (Å²) in [6, 6.07) is 17.1. The molecule has 0 unspecified atom stereocenters. The van der Waals surface area contributed by atoms with Crippen LogP contribution >= 0.6 is 0 Å². The number of hydrogen-bond acceptors (Lipinski definition) is 2. The van der Waals surface area contributed by atoms with Crippen LogP contribution in [0.25, 0.3) is 0 Å². The van der Waals surface area contributed by atoms with Gasteiger partial charge in [-0.2, -0.15) is 0 Å². The monoisotopic (exact) mass is 351 g/mol. The molecule has 2 aromatic carbocycles. The second-order valence-corrected chi connectivity index (χ2v) is 6.65. The van der Waals surface area contributed by atoms with Crippen LogP contribution in [0.4, 0.5) is 16.2 Å². The maximum Gasteiger partial charge on any atom is 0.326 e. The molecule has 1 aliphatic carbocycles. The average molecular weight is 351 g/mol. The quantitative estimate of drug-likeness (QED) is 0.742. The minimum Gasteiger partial charge on any atom is -0.356 e. The van der Waals surface area contributed by atoms with Crippen LogP contribution in [0.2, 0.25) is 0 Å². The van der Waals surface area contributed by atoms with Crippen molar-refractivity contribution in [2.75, 3.05) is 23.3 Å². The third kappa shape index (κ3) is 4.85. The maximum atomic E-state index is 12.8. The molecule has 3 amide bonds. The van der Waals surface area contributed by atoms with E-state index >= 15 is 0 Å². The first-order valence-corrected chi connectivity index (χ1v) is 9.12. The van der Waals surface area contributed by atoms with E-state index in [0.717, 1.165) is 29.8 Å². The van der Waals surface area contributed by atoms with Crippen molar-refractivity contribution in [2.24, 2.45) is 5.92 Å². The van der Waals surface area contributed by atoms with Gasteiger partial charge < -0.3 is 10.6 Å². The minimum atomic E-state index is -0.168. The zero-order chi connectivity index (χ0) is 18.4. The molecule has 0 aliphatic heterocycles. The van der Waals surface area contributed by atoms with Crippen LogP contribution in [-0.4, -0.2) is 25.0 Å². The molecule has 0 spiro atoms. The maximum absolute atomic E-state index is 12.8. The first-order chi connectivity index (χ1) is 12.6. The first kappa shape index (κ1) is 18.0. The normalized spacial score (nSPS) is 13.1. The highest BCUT2D eigenvalue weighted by Crippen LogP contribution is 2.28. The van der Waals surface area contributed by atoms with E-state index in [1.165, 1.54) is 0 Å². The van der Waals surface area contributed by atoms with Gasteiger partial charge >= 0.3 is 6.03 Å². The van der Waals surface area contributed by atoms with Gasteiger partial charge in [0, 0.05) is 30.4 Å². The van der Waals surface area contributed by atoms with Gasteiger partial charge in [-0.15, -0.1) is 0 Å². The standard InChI is InChI=1S/C21H25N3O2/c1-16-8-5-6-11-19(16)23-21(26)24(18-9-3-2-4-10-18)15-7-14-22-20(25)17-12-13-17/h2-6,8-11,17H,7,12-15H2,1H3,(H,22,25)(H,23,26). The summed E-state index contributed by atoms with van der Waals surface area (Å²) in [6.07, 6.45) is 2.70. The van der Waals surface area contributed by atoms with Gasteiger partial charge in [-0.05, 0) is 49.9 Å². The Morgan fingerprint density at radius 3 is 2.42 bits per heavy atom. The fourth-order valence-electron chi connectivity index (χ4n) is 2.79. The van der Waals surface area contributed by atoms with Crippen LogP contribution in [0, 0.1) is 12.8 Å². The number of amides is 3. The van der Waals surface area contributed by atoms with Crippen molar-refractivity contribution in [3.8, 4) is 0 Å². The molecule has 1 saturated carbocycles. The molecule has 0 saturated heterocycles. The van der Waals surface area contributed by atoms with E-state index in [0.29, 0.717) is 19.5 Å². The Kier molecular flexibility index (Phi) is 5.89. The number of rotatable bonds is 7. The smallest absolute Gasteiger partial charge is 0.326 e. The molecule has 0 atom stereocenters. The van der Waals surface area contributed by atoms with Crippen molar-refractivity contribution in [3.63, 3.8) is 0 Å². The Labute approximate surface area is 154 Å². The van der Waals surface area contributed by atoms with Gasteiger partial charge in [-0.1, -0.05) is 36.4 Å². The van der Waals surface area contributed by atoms with Gasteiger partial charge in [0.2, 0.25) is 5.91 Å². The Balaban J connectivity index is 1.62. The lowest BCUT2D eigenvalue weighted by molar-refractivity contribution is -0.122. The number of carbonyl (C=O) groups excluding carboxylic acids is 2. The number of para-hydroxylation sites is 2. The van der Waals surface area contributed by atoms with Gasteiger partial charge in [0.1, 0.15) is 0 Å². The number of hydrogen-bond donors (Lipinski definition) is 2. The zero-order valence-corrected chi connectivity index (χ0v) is 15.1. The molecule has 0 radical (unpaired) electrons. The summed E-state index contributed by atoms with van der Waals surface area (Å²) in [7, 11) is 0. The number of nitrogens with one attached hydrogen (secondary N) is 2. The number of benzene rings is 2. The molecule has 0 bridgehead atoms. The van der Waals surface area contributed by atoms with Crippen molar-refractivity contribution in [2.45, 2.75) is 26.2 Å². The van der Waals surface area contributed by atoms with Crippen molar-refractivity contribution in [1.29, 1.82) is 0 Å². The molecule has 2 aromatic rings. The second kappa shape index (κ2) is 8.52. The SMILES string of the molecule is Cc1ccccc1NC(=O)N(CCCNC(=O)C1CC1)c1ccccc1. The van der Waals surface area contributed by atoms with Gasteiger partial charge in [0.25, 0.3) is 0 Å². The molecule has 26 heavy (non-hydrogen) atoms. The van der Waals surface area contributed by atoms with E-state index in [1.807, 2.05) is 61.5 Å². The van der Waals surface area contributed by atoms with E-state index in [2.05, 4.69) is 10.6 Å². The predicted octanol–water partition coefficient (Wildman–Crippen LogP) is 3.95. The molecule has 2 N–H and O–H groups in total. The van der Waals surface area contributed by atoms with Crippen LogP contribution in [0.1, 0.15) is 24.8 Å². The van der Waals surface area contributed by atoms with Crippen LogP contribution < -0.4 is 15.5 Å². The Morgan fingerprint density at radius 1 is 1.04 bits per heavy atom. The van der Waals surface area contributed by atoms with Crippen LogP contribution in [-0.2, 0) is 4.79 Å². The van der Waals surface area contributed by atoms with Crippen molar-refractivity contribution in [1.82, 2.24) is 5.32 Å². The molecule has 5 nitrogen and oxygen atoms in total. The van der Waals surface area contributed by atoms with Gasteiger partial charge in [0.15, 0.2) is 0 Å². The van der Waals surface area contributed by atoms with Crippen molar-refractivity contribution in [3.05, 3.63) is 60.2 Å². The summed E-state index contributed by atoms with van der Waals surface area (Å²) in [6.45, 7) is 3.08. The molecule has 1 aliphatic rings. The third-order valence-electron chi connectivity index (χ3n) is 4.51. The molecule has 1 fully saturated rings. The number of carbonyl (C=O) groups is 2. The lowest BCUT2D eigenvalue weighted by Crippen LogP contribution is -2.37. The summed E-state index contributed by atoms with van der Waals surface area (Å²) in [5.74, 6) is 0.352. The fourth-order valence-corrected chi connectivity index (χ4v) is 2.79. The summed E-state index contributed by atoms with van der Waals surface area (Å²) >= 11 is 0. The summed E-state index contributed by atoms with van der Waals surface area (Å²) in [5.41, 5.74) is 2.66. The highest BCUT2D eigenvalue weighted by molar-refractivity contribution is 6.02. The minimum absolute atomic E-state index is 0.139. The largest absolute Gasteiger partial charge is 0.356 e. The van der Waals surface area contributed by atoms with Gasteiger partial charge in [0.05, 0.1) is 0 Å². The van der Waals surface area contributed by atoms with E-state index in [9.17, 15) is 9.59 Å². The number of aryl methyl sites for hydroxylation is 1. The zero-order valence-electron chi connectivity index (χ0n) is 15.1. The lowest BCUT2D eigenvalue weighted by Gasteiger charge is -2.24. The van der Waals surface area contributed by atoms with Crippen LogP contribution in [0.15, 0.2) is 54.6 Å². The Bertz CT molecular complexity index is 757. The van der Waals surface area contributed by atoms with E-state index in [1.54, 1.807) is 4.90 Å². The van der Waals surface area contributed by atoms with Crippen LogP contribution in [0.3, 0.4) is 0 Å². The van der Waals surface area contributed by atoms with E-state index in [4.69, 9.17) is 0 Å². The van der Waals surface area contributed by atoms with Gasteiger partial charge in [-0.25, -0.2) is 4.79 Å². The number of nitrogens with zero attached hydrogens (tertiary/aromatic N) is 1. The third-order valence-corrected chi connectivity index (χ3v) is 4.51. The first-order valence-electron chi connectivity index (χ1n) is 9.12. The molecule has 0 heterocycles. The van der Waals surface area contributed by atoms with E-state index in [-0.39, 0.29) is 17.9 Å². The molecular formula is C21H25N3O2. The van der Waals surface area contributed by atoms with E-state index < -0.39 is 0 Å². The molecular weight excluding hydrogens is 326 g/mol. The average Bonchev–Trinajstić information content (AvgIpc) is 3.49.